The number of hydrogen-bond donors (Lipinski definition) is 2. The number of guanidine groups is 1. The van der Waals surface area contributed by atoms with Gasteiger partial charge in [-0.1, -0.05) is 78.9 Å². The van der Waals surface area contributed by atoms with Gasteiger partial charge in [-0.05, 0) is 12.1 Å². The van der Waals surface area contributed by atoms with Crippen LogP contribution in [0.15, 0.2) is 96.0 Å². The minimum Gasteiger partial charge on any atom is -0.354 e. The summed E-state index contributed by atoms with van der Waals surface area (Å²) in [6.45, 7) is 1.81. The summed E-state index contributed by atoms with van der Waals surface area (Å²) in [6.07, 6.45) is 0. The molecule has 0 atom stereocenters. The Balaban J connectivity index is 0.000000152. The minimum atomic E-state index is 0.0752. The number of carbonyl (C=O) groups is 1. The molecule has 4 heteroatoms. The summed E-state index contributed by atoms with van der Waals surface area (Å²) < 4.78 is 0. The maximum absolute atomic E-state index is 11.8. The smallest absolute Gasteiger partial charge is 0.195 e. The first-order valence-electron chi connectivity index (χ1n) is 8.58. The van der Waals surface area contributed by atoms with Crippen LogP contribution in [0.4, 0.5) is 5.69 Å². The second-order valence-electron chi connectivity index (χ2n) is 5.71. The Kier molecular flexibility index (Phi) is 6.15. The van der Waals surface area contributed by atoms with Crippen molar-refractivity contribution in [3.8, 4) is 0 Å². The first-order valence-corrected chi connectivity index (χ1v) is 8.58. The van der Waals surface area contributed by atoms with Crippen LogP contribution in [0.25, 0.3) is 0 Å². The molecule has 0 unspecified atom stereocenters. The highest BCUT2D eigenvalue weighted by Crippen LogP contribution is 2.08. The summed E-state index contributed by atoms with van der Waals surface area (Å²) >= 11 is 0. The quantitative estimate of drug-likeness (QED) is 0.708. The molecule has 0 spiro atoms. The Labute approximate surface area is 153 Å². The number of hydrogen-bond acceptors (Lipinski definition) is 4. The zero-order valence-corrected chi connectivity index (χ0v) is 14.4. The van der Waals surface area contributed by atoms with E-state index in [1.165, 1.54) is 0 Å². The van der Waals surface area contributed by atoms with Gasteiger partial charge < -0.3 is 10.6 Å². The zero-order chi connectivity index (χ0) is 18.0. The molecule has 26 heavy (non-hydrogen) atoms. The molecule has 3 aromatic carbocycles. The van der Waals surface area contributed by atoms with Crippen molar-refractivity contribution in [2.75, 3.05) is 18.4 Å². The highest BCUT2D eigenvalue weighted by Gasteiger charge is 2.06. The molecule has 0 aromatic heterocycles. The number of rotatable bonds is 3. The normalized spacial score (nSPS) is 12.2. The Morgan fingerprint density at radius 1 is 0.769 bits per heavy atom. The summed E-state index contributed by atoms with van der Waals surface area (Å²) in [5.74, 6) is 0.951. The molecule has 1 aliphatic rings. The lowest BCUT2D eigenvalue weighted by molar-refractivity contribution is 0.103. The topological polar surface area (TPSA) is 53.5 Å². The van der Waals surface area contributed by atoms with Crippen LogP contribution in [0.1, 0.15) is 15.9 Å². The van der Waals surface area contributed by atoms with Crippen LogP contribution >= 0.6 is 0 Å². The van der Waals surface area contributed by atoms with Crippen molar-refractivity contribution in [3.05, 3.63) is 102 Å². The van der Waals surface area contributed by atoms with Gasteiger partial charge in [0.1, 0.15) is 0 Å². The van der Waals surface area contributed by atoms with Crippen LogP contribution in [-0.2, 0) is 0 Å². The van der Waals surface area contributed by atoms with Crippen molar-refractivity contribution >= 4 is 17.4 Å². The van der Waals surface area contributed by atoms with Gasteiger partial charge in [-0.15, -0.1) is 0 Å². The van der Waals surface area contributed by atoms with Crippen molar-refractivity contribution in [2.24, 2.45) is 4.99 Å². The average molecular weight is 343 g/mol. The van der Waals surface area contributed by atoms with Crippen LogP contribution in [0.3, 0.4) is 0 Å². The summed E-state index contributed by atoms with van der Waals surface area (Å²) in [5, 5.41) is 6.32. The average Bonchev–Trinajstić information content (AvgIpc) is 3.23. The molecule has 0 radical (unpaired) electrons. The molecule has 0 saturated heterocycles. The number of aliphatic imine (C=N–C) groups is 1. The SMILES string of the molecule is O=C(c1ccccc1)c1ccccc1.c1ccc(NC2=NCCN2)cc1. The van der Waals surface area contributed by atoms with E-state index in [0.717, 1.165) is 35.9 Å². The third-order valence-electron chi connectivity index (χ3n) is 3.78. The molecule has 2 N–H and O–H groups in total. The molecule has 0 fully saturated rings. The number of nitrogens with zero attached hydrogens (tertiary/aromatic N) is 1. The molecule has 1 aliphatic heterocycles. The number of ketones is 1. The van der Waals surface area contributed by atoms with Crippen molar-refractivity contribution in [3.63, 3.8) is 0 Å². The maximum Gasteiger partial charge on any atom is 0.195 e. The lowest BCUT2D eigenvalue weighted by Gasteiger charge is -2.04. The molecule has 130 valence electrons. The molecule has 0 bridgehead atoms. The third kappa shape index (κ3) is 5.05. The van der Waals surface area contributed by atoms with Gasteiger partial charge in [0.05, 0.1) is 6.54 Å². The highest BCUT2D eigenvalue weighted by atomic mass is 16.1. The van der Waals surface area contributed by atoms with E-state index < -0.39 is 0 Å². The number of nitrogens with one attached hydrogen (secondary N) is 2. The van der Waals surface area contributed by atoms with Crippen LogP contribution in [-0.4, -0.2) is 24.8 Å². The fourth-order valence-electron chi connectivity index (χ4n) is 2.49. The molecular formula is C22H21N3O. The van der Waals surface area contributed by atoms with Gasteiger partial charge in [-0.2, -0.15) is 0 Å². The fourth-order valence-corrected chi connectivity index (χ4v) is 2.49. The predicted octanol–water partition coefficient (Wildman–Crippen LogP) is 3.98. The van der Waals surface area contributed by atoms with Crippen molar-refractivity contribution in [1.29, 1.82) is 0 Å². The van der Waals surface area contributed by atoms with Crippen molar-refractivity contribution < 1.29 is 4.79 Å². The lowest BCUT2D eigenvalue weighted by atomic mass is 10.0. The van der Waals surface area contributed by atoms with Gasteiger partial charge in [-0.3, -0.25) is 9.79 Å². The van der Waals surface area contributed by atoms with E-state index in [9.17, 15) is 4.79 Å². The largest absolute Gasteiger partial charge is 0.354 e. The number of carbonyl (C=O) groups excluding carboxylic acids is 1. The van der Waals surface area contributed by atoms with E-state index in [2.05, 4.69) is 15.6 Å². The Morgan fingerprint density at radius 3 is 1.73 bits per heavy atom. The Morgan fingerprint density at radius 2 is 1.27 bits per heavy atom. The zero-order valence-electron chi connectivity index (χ0n) is 14.4. The molecule has 0 saturated carbocycles. The van der Waals surface area contributed by atoms with Gasteiger partial charge in [0.25, 0.3) is 0 Å². The van der Waals surface area contributed by atoms with Gasteiger partial charge >= 0.3 is 0 Å². The second-order valence-corrected chi connectivity index (χ2v) is 5.71. The number of benzene rings is 3. The van der Waals surface area contributed by atoms with Crippen molar-refractivity contribution in [2.45, 2.75) is 0 Å². The van der Waals surface area contributed by atoms with Crippen LogP contribution < -0.4 is 10.6 Å². The predicted molar refractivity (Wildman–Crippen MR) is 107 cm³/mol. The van der Waals surface area contributed by atoms with E-state index in [1.54, 1.807) is 0 Å². The second kappa shape index (κ2) is 9.18. The summed E-state index contributed by atoms with van der Waals surface area (Å²) in [4.78, 5) is 16.1. The van der Waals surface area contributed by atoms with E-state index in [1.807, 2.05) is 91.0 Å². The van der Waals surface area contributed by atoms with E-state index in [4.69, 9.17) is 0 Å². The maximum atomic E-state index is 11.8. The van der Waals surface area contributed by atoms with E-state index in [0.29, 0.717) is 0 Å². The van der Waals surface area contributed by atoms with Crippen LogP contribution in [0, 0.1) is 0 Å². The van der Waals surface area contributed by atoms with Gasteiger partial charge in [0.2, 0.25) is 0 Å². The molecule has 0 amide bonds. The van der Waals surface area contributed by atoms with Gasteiger partial charge in [0, 0.05) is 23.4 Å². The summed E-state index contributed by atoms with van der Waals surface area (Å²) in [5.41, 5.74) is 2.54. The molecular weight excluding hydrogens is 322 g/mol. The monoisotopic (exact) mass is 343 g/mol. The Hall–Kier alpha value is -3.40. The van der Waals surface area contributed by atoms with Crippen molar-refractivity contribution in [1.82, 2.24) is 5.32 Å². The minimum absolute atomic E-state index is 0.0752. The Bertz CT molecular complexity index is 805. The first kappa shape index (κ1) is 17.4. The molecule has 4 rings (SSSR count). The van der Waals surface area contributed by atoms with Crippen LogP contribution in [0.5, 0.6) is 0 Å². The molecule has 3 aromatic rings. The van der Waals surface area contributed by atoms with Gasteiger partial charge in [0.15, 0.2) is 11.7 Å². The standard InChI is InChI=1S/C13H10O.C9H11N3/c14-13(11-7-3-1-4-8-11)12-9-5-2-6-10-12;1-2-4-8(5-3-1)12-9-10-6-7-11-9/h1-10H;1-5H,6-7H2,(H2,10,11,12). The van der Waals surface area contributed by atoms with E-state index >= 15 is 0 Å². The molecule has 4 nitrogen and oxygen atoms in total. The van der Waals surface area contributed by atoms with Crippen LogP contribution in [0.2, 0.25) is 0 Å². The summed E-state index contributed by atoms with van der Waals surface area (Å²) in [7, 11) is 0. The number of anilines is 1. The molecule has 1 heterocycles. The highest BCUT2D eigenvalue weighted by molar-refractivity contribution is 6.08. The lowest BCUT2D eigenvalue weighted by Crippen LogP contribution is -2.26. The molecule has 0 aliphatic carbocycles. The fraction of sp³-hybridized carbons (Fsp3) is 0.0909. The van der Waals surface area contributed by atoms with E-state index in [-0.39, 0.29) is 5.78 Å². The third-order valence-corrected chi connectivity index (χ3v) is 3.78. The first-order chi connectivity index (χ1) is 12.8. The van der Waals surface area contributed by atoms with Gasteiger partial charge in [-0.25, -0.2) is 0 Å². The summed E-state index contributed by atoms with van der Waals surface area (Å²) in [6, 6.07) is 28.6. The number of para-hydroxylation sites is 1.